The van der Waals surface area contributed by atoms with Gasteiger partial charge in [-0.15, -0.1) is 0 Å². The fraction of sp³-hybridized carbons (Fsp3) is 0.111. The van der Waals surface area contributed by atoms with Crippen molar-refractivity contribution in [1.29, 1.82) is 5.26 Å². The molecule has 0 saturated heterocycles. The Morgan fingerprint density at radius 1 is 1.25 bits per heavy atom. The second-order valence-electron chi connectivity index (χ2n) is 3.09. The van der Waals surface area contributed by atoms with Gasteiger partial charge in [-0.1, -0.05) is 0 Å². The van der Waals surface area contributed by atoms with E-state index in [-0.39, 0.29) is 11.1 Å². The van der Waals surface area contributed by atoms with Gasteiger partial charge >= 0.3 is 6.18 Å². The molecule has 0 spiro atoms. The summed E-state index contributed by atoms with van der Waals surface area (Å²) in [5.74, 6) is 0. The highest BCUT2D eigenvalue weighted by molar-refractivity contribution is 5.88. The maximum absolute atomic E-state index is 12.6. The molecule has 0 amide bonds. The summed E-state index contributed by atoms with van der Waals surface area (Å²) in [5, 5.41) is 8.27. The Balaban J connectivity index is 2.97. The van der Waals surface area contributed by atoms with Crippen LogP contribution < -0.4 is 5.56 Å². The molecule has 2 N–H and O–H groups in total. The molecule has 0 fully saturated rings. The zero-order valence-electron chi connectivity index (χ0n) is 7.64. The molecular formula is C9H4F3N3O. The Morgan fingerprint density at radius 3 is 2.50 bits per heavy atom. The zero-order chi connectivity index (χ0) is 11.9. The first kappa shape index (κ1) is 10.3. The maximum Gasteiger partial charge on any atom is 0.418 e. The quantitative estimate of drug-likeness (QED) is 0.719. The molecule has 82 valence electrons. The van der Waals surface area contributed by atoms with Crippen molar-refractivity contribution in [3.63, 3.8) is 0 Å². The second kappa shape index (κ2) is 3.13. The van der Waals surface area contributed by atoms with E-state index in [2.05, 4.69) is 4.98 Å². The summed E-state index contributed by atoms with van der Waals surface area (Å²) in [6, 6.07) is 1.61. The van der Waals surface area contributed by atoms with Crippen LogP contribution >= 0.6 is 0 Å². The second-order valence-corrected chi connectivity index (χ2v) is 3.09. The predicted molar refractivity (Wildman–Crippen MR) is 48.6 cm³/mol. The number of H-pyrrole nitrogens is 2. The smallest absolute Gasteiger partial charge is 0.355 e. The Morgan fingerprint density at radius 2 is 1.94 bits per heavy atom. The molecule has 0 radical (unpaired) electrons. The van der Waals surface area contributed by atoms with Crippen LogP contribution in [0.25, 0.3) is 10.9 Å². The van der Waals surface area contributed by atoms with Gasteiger partial charge in [0.1, 0.15) is 11.6 Å². The van der Waals surface area contributed by atoms with Gasteiger partial charge in [0.2, 0.25) is 0 Å². The molecule has 2 heterocycles. The van der Waals surface area contributed by atoms with E-state index in [0.717, 1.165) is 6.20 Å². The Labute approximate surface area is 86.3 Å². The molecule has 0 bridgehead atoms. The molecule has 0 aliphatic carbocycles. The van der Waals surface area contributed by atoms with E-state index in [9.17, 15) is 18.0 Å². The van der Waals surface area contributed by atoms with Crippen molar-refractivity contribution < 1.29 is 13.2 Å². The fourth-order valence-corrected chi connectivity index (χ4v) is 1.48. The minimum absolute atomic E-state index is 0.201. The summed E-state index contributed by atoms with van der Waals surface area (Å²) in [5.41, 5.74) is -2.16. The number of fused-ring (bicyclic) bond motifs is 1. The van der Waals surface area contributed by atoms with Gasteiger partial charge in [-0.2, -0.15) is 18.4 Å². The number of halogens is 3. The first-order valence-corrected chi connectivity index (χ1v) is 4.15. The van der Waals surface area contributed by atoms with Crippen LogP contribution in [-0.2, 0) is 6.18 Å². The summed E-state index contributed by atoms with van der Waals surface area (Å²) in [7, 11) is 0. The lowest BCUT2D eigenvalue weighted by Gasteiger charge is -2.07. The van der Waals surface area contributed by atoms with Gasteiger partial charge < -0.3 is 9.97 Å². The number of pyridine rings is 1. The SMILES string of the molecule is N#Cc1c[nH]c2c(=O)[nH]cc(C(F)(F)F)c12. The third kappa shape index (κ3) is 1.35. The highest BCUT2D eigenvalue weighted by Crippen LogP contribution is 2.34. The van der Waals surface area contributed by atoms with Gasteiger partial charge in [-0.3, -0.25) is 4.79 Å². The van der Waals surface area contributed by atoms with Crippen molar-refractivity contribution in [1.82, 2.24) is 9.97 Å². The lowest BCUT2D eigenvalue weighted by Crippen LogP contribution is -2.13. The normalized spacial score (nSPS) is 11.6. The van der Waals surface area contributed by atoms with E-state index in [1.165, 1.54) is 0 Å². The minimum Gasteiger partial charge on any atom is -0.355 e. The lowest BCUT2D eigenvalue weighted by molar-refractivity contribution is -0.136. The van der Waals surface area contributed by atoms with Crippen molar-refractivity contribution in [2.75, 3.05) is 0 Å². The first-order valence-electron chi connectivity index (χ1n) is 4.15. The maximum atomic E-state index is 12.6. The molecule has 0 aromatic carbocycles. The number of aromatic nitrogens is 2. The number of nitrogens with one attached hydrogen (secondary N) is 2. The highest BCUT2D eigenvalue weighted by atomic mass is 19.4. The standard InChI is InChI=1S/C9H4F3N3O/c10-9(11,12)5-3-15-8(16)7-6(5)4(1-13)2-14-7/h2-3,14H,(H,15,16). The Kier molecular flexibility index (Phi) is 2.01. The number of alkyl halides is 3. The van der Waals surface area contributed by atoms with E-state index >= 15 is 0 Å². The van der Waals surface area contributed by atoms with E-state index in [4.69, 9.17) is 5.26 Å². The van der Waals surface area contributed by atoms with Crippen LogP contribution in [0, 0.1) is 11.3 Å². The predicted octanol–water partition coefficient (Wildman–Crippen LogP) is 1.75. The average Bonchev–Trinajstić information content (AvgIpc) is 2.60. The number of nitriles is 1. The summed E-state index contributed by atoms with van der Waals surface area (Å²) < 4.78 is 37.8. The summed E-state index contributed by atoms with van der Waals surface area (Å²) >= 11 is 0. The molecular weight excluding hydrogens is 223 g/mol. The van der Waals surface area contributed by atoms with Gasteiger partial charge in [0.25, 0.3) is 5.56 Å². The highest BCUT2D eigenvalue weighted by Gasteiger charge is 2.34. The molecule has 7 heteroatoms. The van der Waals surface area contributed by atoms with Crippen LogP contribution in [-0.4, -0.2) is 9.97 Å². The van der Waals surface area contributed by atoms with Gasteiger partial charge in [0.15, 0.2) is 0 Å². The number of nitrogens with zero attached hydrogens (tertiary/aromatic N) is 1. The molecule has 0 aliphatic rings. The third-order valence-corrected chi connectivity index (χ3v) is 2.15. The van der Waals surface area contributed by atoms with E-state index in [0.29, 0.717) is 6.20 Å². The van der Waals surface area contributed by atoms with Gasteiger partial charge in [0, 0.05) is 17.8 Å². The van der Waals surface area contributed by atoms with Crippen LogP contribution in [0.3, 0.4) is 0 Å². The first-order chi connectivity index (χ1) is 7.45. The molecule has 0 saturated carbocycles. The van der Waals surface area contributed by atoms with Crippen LogP contribution in [0.4, 0.5) is 13.2 Å². The largest absolute Gasteiger partial charge is 0.418 e. The van der Waals surface area contributed by atoms with Crippen LogP contribution in [0.15, 0.2) is 17.2 Å². The number of hydrogen-bond donors (Lipinski definition) is 2. The summed E-state index contributed by atoms with van der Waals surface area (Å²) in [6.45, 7) is 0. The summed E-state index contributed by atoms with van der Waals surface area (Å²) in [6.07, 6.45) is -2.97. The van der Waals surface area contributed by atoms with Crippen molar-refractivity contribution >= 4 is 10.9 Å². The van der Waals surface area contributed by atoms with Crippen molar-refractivity contribution in [3.8, 4) is 6.07 Å². The van der Waals surface area contributed by atoms with Gasteiger partial charge in [-0.25, -0.2) is 0 Å². The average molecular weight is 227 g/mol. The Bertz CT molecular complexity index is 645. The monoisotopic (exact) mass is 227 g/mol. The molecule has 2 aromatic heterocycles. The molecule has 2 rings (SSSR count). The van der Waals surface area contributed by atoms with Crippen LogP contribution in [0.2, 0.25) is 0 Å². The van der Waals surface area contributed by atoms with Gasteiger partial charge in [-0.05, 0) is 0 Å². The zero-order valence-corrected chi connectivity index (χ0v) is 7.64. The van der Waals surface area contributed by atoms with E-state index in [1.807, 2.05) is 4.98 Å². The van der Waals surface area contributed by atoms with E-state index in [1.54, 1.807) is 6.07 Å². The summed E-state index contributed by atoms with van der Waals surface area (Å²) in [4.78, 5) is 15.5. The topological polar surface area (TPSA) is 72.4 Å². The molecule has 0 aliphatic heterocycles. The van der Waals surface area contributed by atoms with Crippen LogP contribution in [0.5, 0.6) is 0 Å². The van der Waals surface area contributed by atoms with Crippen molar-refractivity contribution in [2.45, 2.75) is 6.18 Å². The molecule has 2 aromatic rings. The lowest BCUT2D eigenvalue weighted by atomic mass is 10.1. The number of aromatic amines is 2. The number of hydrogen-bond acceptors (Lipinski definition) is 2. The molecule has 0 atom stereocenters. The van der Waals surface area contributed by atoms with Crippen molar-refractivity contribution in [3.05, 3.63) is 33.9 Å². The van der Waals surface area contributed by atoms with Gasteiger partial charge in [0.05, 0.1) is 11.1 Å². The van der Waals surface area contributed by atoms with Crippen LogP contribution in [0.1, 0.15) is 11.1 Å². The number of rotatable bonds is 0. The minimum atomic E-state index is -4.61. The molecule has 0 unspecified atom stereocenters. The molecule has 16 heavy (non-hydrogen) atoms. The molecule has 4 nitrogen and oxygen atoms in total. The van der Waals surface area contributed by atoms with Crippen molar-refractivity contribution in [2.24, 2.45) is 0 Å². The van der Waals surface area contributed by atoms with E-state index < -0.39 is 22.7 Å². The fourth-order valence-electron chi connectivity index (χ4n) is 1.48. The third-order valence-electron chi connectivity index (χ3n) is 2.15. The Hall–Kier alpha value is -2.23.